The summed E-state index contributed by atoms with van der Waals surface area (Å²) in [6, 6.07) is 3.76. The molecular formula is C16H22F2O2. The SMILES string of the molecule is COC1(C(O)Cc2c(F)cccc2F)CCC(C)CC1. The van der Waals surface area contributed by atoms with Crippen molar-refractivity contribution < 1.29 is 18.6 Å². The summed E-state index contributed by atoms with van der Waals surface area (Å²) in [6.07, 6.45) is 2.42. The van der Waals surface area contributed by atoms with Gasteiger partial charge < -0.3 is 9.84 Å². The van der Waals surface area contributed by atoms with E-state index in [1.807, 2.05) is 0 Å². The highest BCUT2D eigenvalue weighted by molar-refractivity contribution is 5.21. The Morgan fingerprint density at radius 3 is 2.35 bits per heavy atom. The topological polar surface area (TPSA) is 29.5 Å². The lowest BCUT2D eigenvalue weighted by Crippen LogP contribution is -2.48. The molecule has 2 nitrogen and oxygen atoms in total. The van der Waals surface area contributed by atoms with Crippen molar-refractivity contribution >= 4 is 0 Å². The maximum absolute atomic E-state index is 13.7. The molecule has 1 N–H and O–H groups in total. The molecule has 0 amide bonds. The van der Waals surface area contributed by atoms with Gasteiger partial charge in [0.05, 0.1) is 11.7 Å². The predicted octanol–water partition coefficient (Wildman–Crippen LogP) is 3.46. The minimum absolute atomic E-state index is 0.0548. The van der Waals surface area contributed by atoms with E-state index in [0.29, 0.717) is 5.92 Å². The summed E-state index contributed by atoms with van der Waals surface area (Å²) in [4.78, 5) is 0. The van der Waals surface area contributed by atoms with Crippen LogP contribution in [0.15, 0.2) is 18.2 Å². The Morgan fingerprint density at radius 1 is 1.30 bits per heavy atom. The fourth-order valence-corrected chi connectivity index (χ4v) is 3.03. The molecule has 0 spiro atoms. The fraction of sp³-hybridized carbons (Fsp3) is 0.625. The van der Waals surface area contributed by atoms with Crippen LogP contribution in [0, 0.1) is 17.6 Å². The lowest BCUT2D eigenvalue weighted by Gasteiger charge is -2.41. The maximum atomic E-state index is 13.7. The van der Waals surface area contributed by atoms with Gasteiger partial charge in [0.1, 0.15) is 11.6 Å². The molecule has 1 aliphatic rings. The van der Waals surface area contributed by atoms with Gasteiger partial charge >= 0.3 is 0 Å². The van der Waals surface area contributed by atoms with Gasteiger partial charge in [0.2, 0.25) is 0 Å². The third-order valence-electron chi connectivity index (χ3n) is 4.59. The third kappa shape index (κ3) is 3.01. The van der Waals surface area contributed by atoms with Crippen LogP contribution in [0.2, 0.25) is 0 Å². The van der Waals surface area contributed by atoms with E-state index in [1.54, 1.807) is 7.11 Å². The van der Waals surface area contributed by atoms with Crippen molar-refractivity contribution in [3.05, 3.63) is 35.4 Å². The maximum Gasteiger partial charge on any atom is 0.129 e. The highest BCUT2D eigenvalue weighted by atomic mass is 19.1. The Kier molecular flexibility index (Phi) is 4.76. The molecule has 20 heavy (non-hydrogen) atoms. The van der Waals surface area contributed by atoms with Crippen LogP contribution in [0.4, 0.5) is 8.78 Å². The molecule has 112 valence electrons. The first-order chi connectivity index (χ1) is 9.48. The van der Waals surface area contributed by atoms with Crippen molar-refractivity contribution in [2.24, 2.45) is 5.92 Å². The van der Waals surface area contributed by atoms with Gasteiger partial charge in [0.15, 0.2) is 0 Å². The van der Waals surface area contributed by atoms with Crippen molar-refractivity contribution in [2.45, 2.75) is 50.7 Å². The van der Waals surface area contributed by atoms with Gasteiger partial charge in [-0.15, -0.1) is 0 Å². The van der Waals surface area contributed by atoms with E-state index in [1.165, 1.54) is 18.2 Å². The quantitative estimate of drug-likeness (QED) is 0.917. The molecule has 4 heteroatoms. The largest absolute Gasteiger partial charge is 0.390 e. The first kappa shape index (κ1) is 15.4. The second-order valence-corrected chi connectivity index (χ2v) is 5.87. The minimum atomic E-state index is -0.897. The van der Waals surface area contributed by atoms with Gasteiger partial charge in [-0.05, 0) is 43.7 Å². The van der Waals surface area contributed by atoms with Gasteiger partial charge in [0, 0.05) is 19.1 Å². The zero-order valence-electron chi connectivity index (χ0n) is 12.0. The van der Waals surface area contributed by atoms with Crippen LogP contribution in [0.25, 0.3) is 0 Å². The summed E-state index contributed by atoms with van der Waals surface area (Å²) in [5.74, 6) is -0.616. The van der Waals surface area contributed by atoms with Crippen LogP contribution in [0.1, 0.15) is 38.2 Å². The first-order valence-corrected chi connectivity index (χ1v) is 7.14. The van der Waals surface area contributed by atoms with Gasteiger partial charge in [-0.1, -0.05) is 13.0 Å². The van der Waals surface area contributed by atoms with Gasteiger partial charge in [-0.2, -0.15) is 0 Å². The van der Waals surface area contributed by atoms with Crippen molar-refractivity contribution in [3.63, 3.8) is 0 Å². The predicted molar refractivity (Wildman–Crippen MR) is 73.4 cm³/mol. The number of aliphatic hydroxyl groups is 1. The van der Waals surface area contributed by atoms with E-state index in [-0.39, 0.29) is 12.0 Å². The van der Waals surface area contributed by atoms with E-state index in [0.717, 1.165) is 25.7 Å². The summed E-state index contributed by atoms with van der Waals surface area (Å²) in [5, 5.41) is 10.5. The molecule has 2 rings (SSSR count). The Bertz CT molecular complexity index is 434. The highest BCUT2D eigenvalue weighted by Gasteiger charge is 2.41. The number of methoxy groups -OCH3 is 1. The van der Waals surface area contributed by atoms with Crippen LogP contribution < -0.4 is 0 Å². The molecular weight excluding hydrogens is 262 g/mol. The number of aliphatic hydroxyl groups excluding tert-OH is 1. The van der Waals surface area contributed by atoms with E-state index in [9.17, 15) is 13.9 Å². The van der Waals surface area contributed by atoms with Crippen LogP contribution in [-0.4, -0.2) is 23.9 Å². The van der Waals surface area contributed by atoms with Crippen LogP contribution in [0.3, 0.4) is 0 Å². The molecule has 1 saturated carbocycles. The zero-order chi connectivity index (χ0) is 14.8. The lowest BCUT2D eigenvalue weighted by molar-refractivity contribution is -0.127. The molecule has 0 radical (unpaired) electrons. The Balaban J connectivity index is 2.15. The average molecular weight is 284 g/mol. The second kappa shape index (κ2) is 6.19. The van der Waals surface area contributed by atoms with E-state index < -0.39 is 23.3 Å². The third-order valence-corrected chi connectivity index (χ3v) is 4.59. The molecule has 0 bridgehead atoms. The number of hydrogen-bond donors (Lipinski definition) is 1. The Morgan fingerprint density at radius 2 is 1.85 bits per heavy atom. The van der Waals surface area contributed by atoms with Crippen molar-refractivity contribution in [2.75, 3.05) is 7.11 Å². The average Bonchev–Trinajstić information content (AvgIpc) is 2.44. The molecule has 1 aromatic carbocycles. The summed E-state index contributed by atoms with van der Waals surface area (Å²) in [7, 11) is 1.57. The first-order valence-electron chi connectivity index (χ1n) is 7.14. The van der Waals surface area contributed by atoms with Gasteiger partial charge in [-0.25, -0.2) is 8.78 Å². The summed E-state index contributed by atoms with van der Waals surface area (Å²) < 4.78 is 32.9. The highest BCUT2D eigenvalue weighted by Crippen LogP contribution is 2.38. The number of benzene rings is 1. The molecule has 0 saturated heterocycles. The fourth-order valence-electron chi connectivity index (χ4n) is 3.03. The number of ether oxygens (including phenoxy) is 1. The number of halogens is 2. The van der Waals surface area contributed by atoms with Crippen molar-refractivity contribution in [3.8, 4) is 0 Å². The Labute approximate surface area is 118 Å². The van der Waals surface area contributed by atoms with E-state index in [4.69, 9.17) is 4.74 Å². The number of hydrogen-bond acceptors (Lipinski definition) is 2. The van der Waals surface area contributed by atoms with Crippen LogP contribution >= 0.6 is 0 Å². The van der Waals surface area contributed by atoms with E-state index in [2.05, 4.69) is 6.92 Å². The molecule has 0 aromatic heterocycles. The molecule has 1 aliphatic carbocycles. The van der Waals surface area contributed by atoms with Crippen molar-refractivity contribution in [1.82, 2.24) is 0 Å². The smallest absolute Gasteiger partial charge is 0.129 e. The number of rotatable bonds is 4. The van der Waals surface area contributed by atoms with Gasteiger partial charge in [0.25, 0.3) is 0 Å². The molecule has 1 aromatic rings. The monoisotopic (exact) mass is 284 g/mol. The Hall–Kier alpha value is -1.00. The molecule has 1 atom stereocenters. The summed E-state index contributed by atoms with van der Waals surface area (Å²) >= 11 is 0. The van der Waals surface area contributed by atoms with E-state index >= 15 is 0 Å². The zero-order valence-corrected chi connectivity index (χ0v) is 12.0. The van der Waals surface area contributed by atoms with Crippen LogP contribution in [-0.2, 0) is 11.2 Å². The second-order valence-electron chi connectivity index (χ2n) is 5.87. The lowest BCUT2D eigenvalue weighted by atomic mass is 9.75. The van der Waals surface area contributed by atoms with Crippen molar-refractivity contribution in [1.29, 1.82) is 0 Å². The standard InChI is InChI=1S/C16H22F2O2/c1-11-6-8-16(20-2,9-7-11)15(19)10-12-13(17)4-3-5-14(12)18/h3-5,11,15,19H,6-10H2,1-2H3. The van der Waals surface area contributed by atoms with Gasteiger partial charge in [-0.3, -0.25) is 0 Å². The normalized spacial score (nSPS) is 28.4. The summed E-state index contributed by atoms with van der Waals surface area (Å²) in [5.41, 5.74) is -0.739. The molecule has 0 heterocycles. The molecule has 0 aliphatic heterocycles. The minimum Gasteiger partial charge on any atom is -0.390 e. The molecule has 1 unspecified atom stereocenters. The summed E-state index contributed by atoms with van der Waals surface area (Å²) in [6.45, 7) is 2.17. The molecule has 1 fully saturated rings. The van der Waals surface area contributed by atoms with Crippen LogP contribution in [0.5, 0.6) is 0 Å².